The lowest BCUT2D eigenvalue weighted by atomic mass is 10.1. The summed E-state index contributed by atoms with van der Waals surface area (Å²) in [6, 6.07) is 6.27. The van der Waals surface area contributed by atoms with Crippen LogP contribution in [0.15, 0.2) is 36.4 Å². The molecule has 2 rings (SSSR count). The minimum absolute atomic E-state index is 0.0260. The number of nitro groups is 1. The molecule has 2 aromatic carbocycles. The number of benzene rings is 2. The second-order valence-electron chi connectivity index (χ2n) is 6.01. The van der Waals surface area contributed by atoms with Gasteiger partial charge >= 0.3 is 12.1 Å². The van der Waals surface area contributed by atoms with Gasteiger partial charge in [0.2, 0.25) is 0 Å². The van der Waals surface area contributed by atoms with Gasteiger partial charge in [0.25, 0.3) is 5.69 Å². The molecule has 0 saturated heterocycles. The molecule has 0 atom stereocenters. The number of carbonyl (C=O) groups excluding carboxylic acids is 1. The van der Waals surface area contributed by atoms with E-state index in [4.69, 9.17) is 16.3 Å². The molecule has 0 bridgehead atoms. The molecule has 0 aliphatic carbocycles. The molecular formula is C18H16ClF3N2O6. The van der Waals surface area contributed by atoms with Gasteiger partial charge in [-0.25, -0.2) is 0 Å². The van der Waals surface area contributed by atoms with Gasteiger partial charge in [-0.3, -0.25) is 14.9 Å². The normalized spacial score (nSPS) is 11.4. The van der Waals surface area contributed by atoms with Crippen LogP contribution in [0, 0.1) is 10.1 Å². The molecule has 0 fully saturated rings. The monoisotopic (exact) mass is 448 g/mol. The fourth-order valence-electron chi connectivity index (χ4n) is 2.43. The SMILES string of the molecule is COC(=O)CN(O)CCc1cc(Oc2ccc(C(F)(F)F)cc2Cl)ccc1[N+](=O)[O-]. The molecule has 0 spiro atoms. The van der Waals surface area contributed by atoms with Crippen LogP contribution in [0.4, 0.5) is 18.9 Å². The second-order valence-corrected chi connectivity index (χ2v) is 6.41. The molecule has 0 radical (unpaired) electrons. The van der Waals surface area contributed by atoms with E-state index in [0.717, 1.165) is 25.3 Å². The highest BCUT2D eigenvalue weighted by Crippen LogP contribution is 2.37. The minimum atomic E-state index is -4.57. The third-order valence-electron chi connectivity index (χ3n) is 3.91. The Morgan fingerprint density at radius 2 is 1.97 bits per heavy atom. The molecule has 0 aliphatic rings. The molecule has 8 nitrogen and oxygen atoms in total. The first-order valence-electron chi connectivity index (χ1n) is 8.34. The summed E-state index contributed by atoms with van der Waals surface area (Å²) in [6.07, 6.45) is -4.59. The maximum atomic E-state index is 12.7. The van der Waals surface area contributed by atoms with Crippen LogP contribution in [-0.4, -0.2) is 41.4 Å². The Bertz CT molecular complexity index is 939. The number of halogens is 4. The van der Waals surface area contributed by atoms with Crippen LogP contribution in [0.3, 0.4) is 0 Å². The van der Waals surface area contributed by atoms with Crippen molar-refractivity contribution in [1.82, 2.24) is 5.06 Å². The minimum Gasteiger partial charge on any atom is -0.468 e. The van der Waals surface area contributed by atoms with Crippen LogP contribution >= 0.6 is 11.6 Å². The molecule has 0 heterocycles. The number of methoxy groups -OCH3 is 1. The summed E-state index contributed by atoms with van der Waals surface area (Å²) in [5.74, 6) is -0.672. The summed E-state index contributed by atoms with van der Waals surface area (Å²) >= 11 is 5.86. The fraction of sp³-hybridized carbons (Fsp3) is 0.278. The first-order valence-corrected chi connectivity index (χ1v) is 8.71. The van der Waals surface area contributed by atoms with Gasteiger partial charge in [0, 0.05) is 18.2 Å². The van der Waals surface area contributed by atoms with Gasteiger partial charge in [0.05, 0.1) is 22.6 Å². The van der Waals surface area contributed by atoms with E-state index < -0.39 is 29.2 Å². The molecule has 1 N–H and O–H groups in total. The van der Waals surface area contributed by atoms with Crippen molar-refractivity contribution in [3.8, 4) is 11.5 Å². The predicted octanol–water partition coefficient (Wildman–Crippen LogP) is 4.47. The Kier molecular flexibility index (Phi) is 7.59. The van der Waals surface area contributed by atoms with Crippen LogP contribution in [0.25, 0.3) is 0 Å². The Labute approximate surface area is 173 Å². The van der Waals surface area contributed by atoms with E-state index in [1.54, 1.807) is 0 Å². The van der Waals surface area contributed by atoms with E-state index in [1.165, 1.54) is 12.1 Å². The van der Waals surface area contributed by atoms with Gasteiger partial charge in [-0.2, -0.15) is 18.2 Å². The summed E-state index contributed by atoms with van der Waals surface area (Å²) < 4.78 is 48.1. The number of esters is 1. The third kappa shape index (κ3) is 6.31. The Hall–Kier alpha value is -2.89. The van der Waals surface area contributed by atoms with Crippen molar-refractivity contribution in [3.05, 3.63) is 62.7 Å². The van der Waals surface area contributed by atoms with Crippen molar-refractivity contribution in [1.29, 1.82) is 0 Å². The molecule has 0 saturated carbocycles. The third-order valence-corrected chi connectivity index (χ3v) is 4.21. The van der Waals surface area contributed by atoms with E-state index in [9.17, 15) is 33.3 Å². The van der Waals surface area contributed by atoms with E-state index in [0.29, 0.717) is 11.1 Å². The van der Waals surface area contributed by atoms with Crippen molar-refractivity contribution >= 4 is 23.3 Å². The first kappa shape index (κ1) is 23.4. The zero-order valence-corrected chi connectivity index (χ0v) is 16.2. The molecule has 0 amide bonds. The lowest BCUT2D eigenvalue weighted by Crippen LogP contribution is -2.29. The van der Waals surface area contributed by atoms with Gasteiger partial charge in [0.15, 0.2) is 0 Å². The van der Waals surface area contributed by atoms with Gasteiger partial charge < -0.3 is 14.7 Å². The summed E-state index contributed by atoms with van der Waals surface area (Å²) in [5, 5.41) is 21.3. The highest BCUT2D eigenvalue weighted by Gasteiger charge is 2.31. The average Bonchev–Trinajstić information content (AvgIpc) is 2.66. The summed E-state index contributed by atoms with van der Waals surface area (Å²) in [5.41, 5.74) is -1.03. The number of carbonyl (C=O) groups is 1. The maximum Gasteiger partial charge on any atom is 0.416 e. The van der Waals surface area contributed by atoms with E-state index in [1.807, 2.05) is 0 Å². The van der Waals surface area contributed by atoms with Crippen LogP contribution in [-0.2, 0) is 22.1 Å². The largest absolute Gasteiger partial charge is 0.468 e. The molecule has 0 aromatic heterocycles. The van der Waals surface area contributed by atoms with Crippen molar-refractivity contribution < 1.29 is 37.6 Å². The predicted molar refractivity (Wildman–Crippen MR) is 98.7 cm³/mol. The molecule has 0 aliphatic heterocycles. The van der Waals surface area contributed by atoms with E-state index in [-0.39, 0.29) is 40.7 Å². The van der Waals surface area contributed by atoms with Crippen LogP contribution in [0.2, 0.25) is 5.02 Å². The first-order chi connectivity index (χ1) is 14.0. The Balaban J connectivity index is 2.21. The molecule has 2 aromatic rings. The molecular weight excluding hydrogens is 433 g/mol. The molecule has 0 unspecified atom stereocenters. The standard InChI is InChI=1S/C18H16ClF3N2O6/c1-29-17(25)10-23(26)7-6-11-8-13(3-4-15(11)24(27)28)30-16-5-2-12(9-14(16)19)18(20,21)22/h2-5,8-9,26H,6-7,10H2,1H3. The molecule has 30 heavy (non-hydrogen) atoms. The van der Waals surface area contributed by atoms with Crippen molar-refractivity contribution in [2.45, 2.75) is 12.6 Å². The van der Waals surface area contributed by atoms with Gasteiger partial charge in [0.1, 0.15) is 18.0 Å². The summed E-state index contributed by atoms with van der Waals surface area (Å²) in [6.45, 7) is -0.553. The van der Waals surface area contributed by atoms with Crippen molar-refractivity contribution in [2.24, 2.45) is 0 Å². The van der Waals surface area contributed by atoms with Gasteiger partial charge in [-0.1, -0.05) is 11.6 Å². The second kappa shape index (κ2) is 9.74. The Morgan fingerprint density at radius 3 is 2.53 bits per heavy atom. The van der Waals surface area contributed by atoms with Crippen molar-refractivity contribution in [3.63, 3.8) is 0 Å². The highest BCUT2D eigenvalue weighted by molar-refractivity contribution is 6.32. The zero-order chi connectivity index (χ0) is 22.5. The number of hydrogen-bond acceptors (Lipinski definition) is 7. The molecule has 162 valence electrons. The summed E-state index contributed by atoms with van der Waals surface area (Å²) in [7, 11) is 1.15. The zero-order valence-electron chi connectivity index (χ0n) is 15.5. The lowest BCUT2D eigenvalue weighted by molar-refractivity contribution is -0.385. The quantitative estimate of drug-likeness (QED) is 0.361. The number of rotatable bonds is 8. The van der Waals surface area contributed by atoms with Gasteiger partial charge in [-0.05, 0) is 36.8 Å². The highest BCUT2D eigenvalue weighted by atomic mass is 35.5. The number of nitrogens with zero attached hydrogens (tertiary/aromatic N) is 2. The van der Waals surface area contributed by atoms with Crippen molar-refractivity contribution in [2.75, 3.05) is 20.2 Å². The van der Waals surface area contributed by atoms with E-state index >= 15 is 0 Å². The molecule has 12 heteroatoms. The number of alkyl halides is 3. The number of ether oxygens (including phenoxy) is 2. The summed E-state index contributed by atoms with van der Waals surface area (Å²) in [4.78, 5) is 21.7. The average molecular weight is 449 g/mol. The number of hydroxylamine groups is 2. The maximum absolute atomic E-state index is 12.7. The topological polar surface area (TPSA) is 102 Å². The van der Waals surface area contributed by atoms with Crippen LogP contribution in [0.1, 0.15) is 11.1 Å². The fourth-order valence-corrected chi connectivity index (χ4v) is 2.65. The number of hydrogen-bond donors (Lipinski definition) is 1. The smallest absolute Gasteiger partial charge is 0.416 e. The van der Waals surface area contributed by atoms with Crippen LogP contribution in [0.5, 0.6) is 11.5 Å². The number of nitro benzene ring substituents is 1. The lowest BCUT2D eigenvalue weighted by Gasteiger charge is -2.14. The van der Waals surface area contributed by atoms with E-state index in [2.05, 4.69) is 4.74 Å². The van der Waals surface area contributed by atoms with Gasteiger partial charge in [-0.15, -0.1) is 0 Å². The van der Waals surface area contributed by atoms with Crippen LogP contribution < -0.4 is 4.74 Å². The Morgan fingerprint density at radius 1 is 1.27 bits per heavy atom.